The van der Waals surface area contributed by atoms with Gasteiger partial charge in [0.2, 0.25) is 0 Å². The Bertz CT molecular complexity index is 1560. The number of ether oxygens (including phenoxy) is 1. The SMILES string of the molecule is N#CC1(c2cc3c4ncnc3n(c2=O)CCCOCCCCN2CCC(CC2)C(F)(F)c2cccc(c2)CN4)CCSCC1. The van der Waals surface area contributed by atoms with Crippen LogP contribution < -0.4 is 10.9 Å². The molecule has 1 N–H and O–H groups in total. The van der Waals surface area contributed by atoms with Gasteiger partial charge in [-0.05, 0) is 93.8 Å². The van der Waals surface area contributed by atoms with Crippen molar-refractivity contribution in [2.45, 2.75) is 69.4 Å². The third kappa shape index (κ3) is 6.35. The molecule has 1 aromatic carbocycles. The molecule has 4 aliphatic rings. The minimum atomic E-state index is -2.91. The summed E-state index contributed by atoms with van der Waals surface area (Å²) in [5.74, 6) is -1.46. The van der Waals surface area contributed by atoms with E-state index in [2.05, 4.69) is 26.3 Å². The van der Waals surface area contributed by atoms with Crippen LogP contribution in [0.15, 0.2) is 41.5 Å². The second-order valence-electron chi connectivity index (χ2n) is 12.2. The van der Waals surface area contributed by atoms with E-state index in [1.807, 2.05) is 6.07 Å². The molecule has 4 aliphatic heterocycles. The molecule has 8 bridgehead atoms. The molecule has 8 nitrogen and oxygen atoms in total. The van der Waals surface area contributed by atoms with Crippen molar-refractivity contribution in [1.82, 2.24) is 19.4 Å². The van der Waals surface area contributed by atoms with E-state index in [0.717, 1.165) is 36.5 Å². The van der Waals surface area contributed by atoms with E-state index in [-0.39, 0.29) is 17.7 Å². The van der Waals surface area contributed by atoms with Gasteiger partial charge in [0.05, 0.1) is 16.9 Å². The fourth-order valence-electron chi connectivity index (χ4n) is 6.83. The Morgan fingerprint density at radius 3 is 2.61 bits per heavy atom. The first-order valence-corrected chi connectivity index (χ1v) is 17.0. The molecule has 0 atom stereocenters. The Morgan fingerprint density at radius 2 is 1.82 bits per heavy atom. The van der Waals surface area contributed by atoms with Crippen molar-refractivity contribution in [3.8, 4) is 6.07 Å². The molecule has 0 aliphatic carbocycles. The van der Waals surface area contributed by atoms with Crippen molar-refractivity contribution in [2.24, 2.45) is 5.92 Å². The van der Waals surface area contributed by atoms with Gasteiger partial charge in [-0.25, -0.2) is 18.7 Å². The second-order valence-corrected chi connectivity index (χ2v) is 13.5. The lowest BCUT2D eigenvalue weighted by molar-refractivity contribution is -0.0855. The first-order valence-electron chi connectivity index (χ1n) is 15.8. The van der Waals surface area contributed by atoms with Gasteiger partial charge in [0.1, 0.15) is 17.8 Å². The summed E-state index contributed by atoms with van der Waals surface area (Å²) in [6.45, 7) is 4.06. The van der Waals surface area contributed by atoms with E-state index in [1.165, 1.54) is 12.4 Å². The molecule has 44 heavy (non-hydrogen) atoms. The number of piperidine rings is 1. The number of halogens is 2. The van der Waals surface area contributed by atoms with Crippen LogP contribution in [0.1, 0.15) is 61.6 Å². The summed E-state index contributed by atoms with van der Waals surface area (Å²) in [6.07, 6.45) is 6.07. The quantitative estimate of drug-likeness (QED) is 0.370. The molecule has 0 saturated carbocycles. The maximum Gasteiger partial charge on any atom is 0.276 e. The number of alkyl halides is 2. The number of anilines is 1. The summed E-state index contributed by atoms with van der Waals surface area (Å²) >= 11 is 1.80. The van der Waals surface area contributed by atoms with Gasteiger partial charge < -0.3 is 15.0 Å². The van der Waals surface area contributed by atoms with Crippen LogP contribution in [-0.2, 0) is 29.2 Å². The average molecular weight is 623 g/mol. The van der Waals surface area contributed by atoms with Crippen LogP contribution in [0.5, 0.6) is 0 Å². The number of hydrogen-bond donors (Lipinski definition) is 1. The Labute approximate surface area is 261 Å². The first-order chi connectivity index (χ1) is 21.4. The average Bonchev–Trinajstić information content (AvgIpc) is 3.05. The molecule has 6 heterocycles. The highest BCUT2D eigenvalue weighted by Crippen LogP contribution is 2.42. The highest BCUT2D eigenvalue weighted by atomic mass is 32.2. The molecule has 0 spiro atoms. The van der Waals surface area contributed by atoms with Gasteiger partial charge in [-0.3, -0.25) is 9.36 Å². The molecule has 2 fully saturated rings. The molecular formula is C33H40F2N6O2S. The minimum Gasteiger partial charge on any atom is -0.381 e. The smallest absolute Gasteiger partial charge is 0.276 e. The second kappa shape index (κ2) is 13.5. The molecule has 234 valence electrons. The lowest BCUT2D eigenvalue weighted by atomic mass is 9.77. The zero-order valence-corrected chi connectivity index (χ0v) is 25.9. The largest absolute Gasteiger partial charge is 0.381 e. The Morgan fingerprint density at radius 1 is 1.02 bits per heavy atom. The molecule has 11 heteroatoms. The van der Waals surface area contributed by atoms with Crippen molar-refractivity contribution < 1.29 is 13.5 Å². The number of nitrogens with one attached hydrogen (secondary N) is 1. The standard InChI is InChI=1S/C33H40F2N6O2S/c34-33(35)25-7-13-40(14-8-25)11-1-2-15-43-16-4-12-41-30-27(20-28(31(41)42)32(22-36)9-17-44-18-10-32)29(38-23-39-30)37-21-24-5-3-6-26(33)19-24/h3,5-6,19-20,23,25H,1-2,4,7-18,21H2,(H,37,38,39). The van der Waals surface area contributed by atoms with Gasteiger partial charge in [0.15, 0.2) is 0 Å². The summed E-state index contributed by atoms with van der Waals surface area (Å²) in [7, 11) is 0. The predicted molar refractivity (Wildman–Crippen MR) is 169 cm³/mol. The predicted octanol–water partition coefficient (Wildman–Crippen LogP) is 5.70. The number of hydrogen-bond acceptors (Lipinski definition) is 8. The van der Waals surface area contributed by atoms with Crippen LogP contribution in [0.2, 0.25) is 0 Å². The Balaban J connectivity index is 1.38. The molecule has 0 amide bonds. The van der Waals surface area contributed by atoms with Gasteiger partial charge in [0.25, 0.3) is 11.5 Å². The van der Waals surface area contributed by atoms with Crippen molar-refractivity contribution in [3.63, 3.8) is 0 Å². The Kier molecular flexibility index (Phi) is 9.50. The first kappa shape index (κ1) is 30.9. The number of pyridine rings is 1. The van der Waals surface area contributed by atoms with Crippen LogP contribution >= 0.6 is 11.8 Å². The molecule has 0 unspecified atom stereocenters. The molecule has 0 radical (unpaired) electrons. The monoisotopic (exact) mass is 622 g/mol. The topological polar surface area (TPSA) is 96.1 Å². The molecule has 2 saturated heterocycles. The van der Waals surface area contributed by atoms with E-state index in [0.29, 0.717) is 87.4 Å². The molecule has 3 aromatic rings. The van der Waals surface area contributed by atoms with E-state index < -0.39 is 17.3 Å². The number of fused-ring (bicyclic) bond motifs is 10. The van der Waals surface area contributed by atoms with Crippen LogP contribution in [0.4, 0.5) is 14.6 Å². The van der Waals surface area contributed by atoms with Crippen LogP contribution in [0.3, 0.4) is 0 Å². The summed E-state index contributed by atoms with van der Waals surface area (Å²) in [6, 6.07) is 11.0. The van der Waals surface area contributed by atoms with E-state index in [1.54, 1.807) is 34.5 Å². The zero-order valence-electron chi connectivity index (χ0n) is 25.1. The van der Waals surface area contributed by atoms with Gasteiger partial charge >= 0.3 is 0 Å². The van der Waals surface area contributed by atoms with Crippen LogP contribution in [0.25, 0.3) is 11.0 Å². The number of benzene rings is 1. The van der Waals surface area contributed by atoms with Crippen molar-refractivity contribution in [3.05, 3.63) is 63.7 Å². The zero-order chi connectivity index (χ0) is 30.6. The Hall–Kier alpha value is -3.07. The number of rotatable bonds is 1. The number of aryl methyl sites for hydroxylation is 1. The minimum absolute atomic E-state index is 0.0457. The van der Waals surface area contributed by atoms with Crippen molar-refractivity contribution in [2.75, 3.05) is 49.7 Å². The lowest BCUT2D eigenvalue weighted by Gasteiger charge is -2.36. The molecular weight excluding hydrogens is 582 g/mol. The number of nitrogens with zero attached hydrogens (tertiary/aromatic N) is 5. The van der Waals surface area contributed by atoms with Gasteiger partial charge in [0, 0.05) is 43.3 Å². The van der Waals surface area contributed by atoms with Crippen LogP contribution in [0, 0.1) is 17.2 Å². The maximum absolute atomic E-state index is 15.8. The van der Waals surface area contributed by atoms with Crippen molar-refractivity contribution in [1.29, 1.82) is 5.26 Å². The van der Waals surface area contributed by atoms with Gasteiger partial charge in [-0.15, -0.1) is 0 Å². The van der Waals surface area contributed by atoms with E-state index in [9.17, 15) is 10.1 Å². The summed E-state index contributed by atoms with van der Waals surface area (Å²) in [5, 5.41) is 14.3. The summed E-state index contributed by atoms with van der Waals surface area (Å²) < 4.78 is 39.1. The normalized spacial score (nSPS) is 24.5. The third-order valence-electron chi connectivity index (χ3n) is 9.51. The fraction of sp³-hybridized carbons (Fsp3) is 0.576. The molecule has 7 rings (SSSR count). The summed E-state index contributed by atoms with van der Waals surface area (Å²) in [4.78, 5) is 25.3. The highest BCUT2D eigenvalue weighted by Gasteiger charge is 2.42. The van der Waals surface area contributed by atoms with E-state index in [4.69, 9.17) is 4.74 Å². The lowest BCUT2D eigenvalue weighted by Crippen LogP contribution is -2.40. The molecule has 2 aromatic heterocycles. The van der Waals surface area contributed by atoms with Crippen LogP contribution in [-0.4, -0.2) is 63.8 Å². The number of nitriles is 1. The van der Waals surface area contributed by atoms with Gasteiger partial charge in [-0.1, -0.05) is 18.2 Å². The fourth-order valence-corrected chi connectivity index (χ4v) is 8.02. The van der Waals surface area contributed by atoms with E-state index >= 15 is 8.78 Å². The number of aromatic nitrogens is 3. The van der Waals surface area contributed by atoms with Crippen molar-refractivity contribution >= 4 is 28.6 Å². The maximum atomic E-state index is 15.8. The van der Waals surface area contributed by atoms with Gasteiger partial charge in [-0.2, -0.15) is 17.0 Å². The summed E-state index contributed by atoms with van der Waals surface area (Å²) in [5.41, 5.74) is 0.669. The third-order valence-corrected chi connectivity index (χ3v) is 10.5. The number of thioether (sulfide) groups is 1. The highest BCUT2D eigenvalue weighted by molar-refractivity contribution is 7.99.